The summed E-state index contributed by atoms with van der Waals surface area (Å²) >= 11 is 1.29. The molecule has 18 heavy (non-hydrogen) atoms. The van der Waals surface area contributed by atoms with Crippen molar-refractivity contribution >= 4 is 23.7 Å². The molecule has 0 bridgehead atoms. The Hall–Kier alpha value is -1.40. The average molecular weight is 267 g/mol. The Balaban J connectivity index is 1.99. The molecule has 0 spiro atoms. The van der Waals surface area contributed by atoms with Crippen LogP contribution in [-0.4, -0.2) is 24.9 Å². The average Bonchev–Trinajstić information content (AvgIpc) is 2.82. The highest BCUT2D eigenvalue weighted by Crippen LogP contribution is 2.33. The molecule has 6 heteroatoms. The molecule has 0 saturated heterocycles. The predicted octanol–water partition coefficient (Wildman–Crippen LogP) is 1.66. The molecule has 0 atom stereocenters. The van der Waals surface area contributed by atoms with E-state index in [0.717, 1.165) is 30.0 Å². The summed E-state index contributed by atoms with van der Waals surface area (Å²) in [6.07, 6.45) is 0.939. The molecule has 5 nitrogen and oxygen atoms in total. The van der Waals surface area contributed by atoms with E-state index in [0.29, 0.717) is 12.3 Å². The van der Waals surface area contributed by atoms with Gasteiger partial charge in [-0.25, -0.2) is 4.79 Å². The molecule has 0 radical (unpaired) electrons. The van der Waals surface area contributed by atoms with Crippen molar-refractivity contribution in [3.05, 3.63) is 23.3 Å². The second-order valence-electron chi connectivity index (χ2n) is 4.02. The number of hydrogen-bond donors (Lipinski definition) is 3. The van der Waals surface area contributed by atoms with Crippen molar-refractivity contribution < 1.29 is 9.53 Å². The quantitative estimate of drug-likeness (QED) is 0.573. The van der Waals surface area contributed by atoms with Crippen LogP contribution in [0.2, 0.25) is 0 Å². The first-order valence-electron chi connectivity index (χ1n) is 5.86. The highest BCUT2D eigenvalue weighted by atomic mass is 32.2. The number of ether oxygens (including phenoxy) is 1. The number of benzene rings is 1. The van der Waals surface area contributed by atoms with Crippen LogP contribution >= 0.6 is 11.9 Å². The van der Waals surface area contributed by atoms with Crippen LogP contribution in [0.1, 0.15) is 11.1 Å². The molecular weight excluding hydrogens is 250 g/mol. The van der Waals surface area contributed by atoms with Gasteiger partial charge in [0, 0.05) is 30.0 Å². The smallest absolute Gasteiger partial charge is 0.329 e. The molecule has 0 unspecified atom stereocenters. The van der Waals surface area contributed by atoms with Gasteiger partial charge in [0.1, 0.15) is 5.75 Å². The van der Waals surface area contributed by atoms with Crippen molar-refractivity contribution in [3.8, 4) is 5.75 Å². The minimum absolute atomic E-state index is 0.241. The first-order chi connectivity index (χ1) is 8.72. The maximum absolute atomic E-state index is 11.6. The summed E-state index contributed by atoms with van der Waals surface area (Å²) < 4.78 is 8.23. The number of rotatable bonds is 4. The Morgan fingerprint density at radius 3 is 3.17 bits per heavy atom. The summed E-state index contributed by atoms with van der Waals surface area (Å²) in [5.74, 6) is 1.60. The summed E-state index contributed by atoms with van der Waals surface area (Å²) in [5, 5.41) is 2.81. The van der Waals surface area contributed by atoms with Crippen LogP contribution in [0.15, 0.2) is 12.1 Å². The number of anilines is 1. The van der Waals surface area contributed by atoms with Crippen molar-refractivity contribution in [1.29, 1.82) is 0 Å². The van der Waals surface area contributed by atoms with E-state index in [2.05, 4.69) is 10.0 Å². The molecule has 2 rings (SSSR count). The molecule has 0 aliphatic carbocycles. The second-order valence-corrected chi connectivity index (χ2v) is 4.92. The lowest BCUT2D eigenvalue weighted by molar-refractivity contribution is 0.257. The lowest BCUT2D eigenvalue weighted by Gasteiger charge is -2.12. The van der Waals surface area contributed by atoms with E-state index in [9.17, 15) is 4.79 Å². The summed E-state index contributed by atoms with van der Waals surface area (Å²) in [7, 11) is 0. The van der Waals surface area contributed by atoms with Gasteiger partial charge in [-0.2, -0.15) is 0 Å². The molecule has 0 fully saturated rings. The summed E-state index contributed by atoms with van der Waals surface area (Å²) in [5.41, 5.74) is 8.30. The molecule has 98 valence electrons. The van der Waals surface area contributed by atoms with E-state index in [-0.39, 0.29) is 6.03 Å². The minimum atomic E-state index is -0.241. The first kappa shape index (κ1) is 13.0. The van der Waals surface area contributed by atoms with E-state index >= 15 is 0 Å². The summed E-state index contributed by atoms with van der Waals surface area (Å²) in [6.45, 7) is 3.21. The van der Waals surface area contributed by atoms with Gasteiger partial charge in [-0.05, 0) is 30.5 Å². The van der Waals surface area contributed by atoms with E-state index < -0.39 is 0 Å². The normalized spacial score (nSPS) is 12.8. The Bertz CT molecular complexity index is 451. The number of fused-ring (bicyclic) bond motifs is 1. The zero-order valence-electron chi connectivity index (χ0n) is 10.3. The standard InChI is InChI=1S/C12H17N3O2S/c1-8-10(14-12(16)15-18-7-5-13)3-2-9-4-6-17-11(8)9/h2-3H,4-7,13H2,1H3,(H2,14,15,16). The monoisotopic (exact) mass is 267 g/mol. The maximum Gasteiger partial charge on any atom is 0.329 e. The number of carbonyl (C=O) groups is 1. The Kier molecular flexibility index (Phi) is 4.33. The number of amides is 2. The van der Waals surface area contributed by atoms with Gasteiger partial charge >= 0.3 is 6.03 Å². The van der Waals surface area contributed by atoms with E-state index in [4.69, 9.17) is 10.5 Å². The van der Waals surface area contributed by atoms with Crippen molar-refractivity contribution in [2.24, 2.45) is 5.73 Å². The Morgan fingerprint density at radius 2 is 2.39 bits per heavy atom. The third-order valence-electron chi connectivity index (χ3n) is 2.74. The second kappa shape index (κ2) is 5.97. The number of carbonyl (C=O) groups excluding carboxylic acids is 1. The molecule has 1 aliphatic heterocycles. The Labute approximate surface area is 111 Å². The molecule has 1 aromatic carbocycles. The van der Waals surface area contributed by atoms with Gasteiger partial charge in [-0.3, -0.25) is 4.72 Å². The first-order valence-corrected chi connectivity index (χ1v) is 6.85. The lowest BCUT2D eigenvalue weighted by atomic mass is 10.1. The van der Waals surface area contributed by atoms with Crippen molar-refractivity contribution in [3.63, 3.8) is 0 Å². The van der Waals surface area contributed by atoms with E-state index in [1.807, 2.05) is 19.1 Å². The zero-order chi connectivity index (χ0) is 13.0. The maximum atomic E-state index is 11.6. The van der Waals surface area contributed by atoms with Gasteiger partial charge < -0.3 is 15.8 Å². The zero-order valence-corrected chi connectivity index (χ0v) is 11.1. The highest BCUT2D eigenvalue weighted by molar-refractivity contribution is 7.97. The molecule has 2 amide bonds. The van der Waals surface area contributed by atoms with E-state index in [1.165, 1.54) is 17.5 Å². The lowest BCUT2D eigenvalue weighted by Crippen LogP contribution is -2.24. The van der Waals surface area contributed by atoms with Gasteiger partial charge in [-0.1, -0.05) is 6.07 Å². The Morgan fingerprint density at radius 1 is 1.56 bits per heavy atom. The molecule has 4 N–H and O–H groups in total. The van der Waals surface area contributed by atoms with Crippen LogP contribution in [0.25, 0.3) is 0 Å². The largest absolute Gasteiger partial charge is 0.493 e. The van der Waals surface area contributed by atoms with Gasteiger partial charge in [0.15, 0.2) is 0 Å². The molecule has 1 aromatic rings. The fraction of sp³-hybridized carbons (Fsp3) is 0.417. The number of urea groups is 1. The van der Waals surface area contributed by atoms with Crippen LogP contribution in [0.3, 0.4) is 0 Å². The fourth-order valence-corrected chi connectivity index (χ4v) is 2.27. The van der Waals surface area contributed by atoms with Gasteiger partial charge in [0.05, 0.1) is 6.61 Å². The SMILES string of the molecule is Cc1c(NC(=O)NSCCN)ccc2c1OCC2. The minimum Gasteiger partial charge on any atom is -0.493 e. The van der Waals surface area contributed by atoms with Gasteiger partial charge in [-0.15, -0.1) is 0 Å². The molecular formula is C12H17N3O2S. The van der Waals surface area contributed by atoms with Crippen molar-refractivity contribution in [1.82, 2.24) is 4.72 Å². The van der Waals surface area contributed by atoms with Crippen LogP contribution in [0, 0.1) is 6.92 Å². The van der Waals surface area contributed by atoms with Crippen LogP contribution in [-0.2, 0) is 6.42 Å². The summed E-state index contributed by atoms with van der Waals surface area (Å²) in [4.78, 5) is 11.6. The number of hydrogen-bond acceptors (Lipinski definition) is 4. The number of nitrogens with one attached hydrogen (secondary N) is 2. The highest BCUT2D eigenvalue weighted by Gasteiger charge is 2.17. The molecule has 1 heterocycles. The van der Waals surface area contributed by atoms with Crippen LogP contribution in [0.4, 0.5) is 10.5 Å². The third-order valence-corrected chi connectivity index (χ3v) is 3.51. The predicted molar refractivity (Wildman–Crippen MR) is 74.0 cm³/mol. The molecule has 1 aliphatic rings. The van der Waals surface area contributed by atoms with Crippen molar-refractivity contribution in [2.45, 2.75) is 13.3 Å². The topological polar surface area (TPSA) is 76.4 Å². The fourth-order valence-electron chi connectivity index (χ4n) is 1.87. The van der Waals surface area contributed by atoms with Crippen LogP contribution in [0.5, 0.6) is 5.75 Å². The third kappa shape index (κ3) is 2.88. The van der Waals surface area contributed by atoms with E-state index in [1.54, 1.807) is 0 Å². The summed E-state index contributed by atoms with van der Waals surface area (Å²) in [6, 6.07) is 3.67. The molecule has 0 aromatic heterocycles. The molecule has 0 saturated carbocycles. The van der Waals surface area contributed by atoms with Gasteiger partial charge in [0.25, 0.3) is 0 Å². The van der Waals surface area contributed by atoms with Gasteiger partial charge in [0.2, 0.25) is 0 Å². The number of nitrogens with two attached hydrogens (primary N) is 1. The van der Waals surface area contributed by atoms with Crippen LogP contribution < -0.4 is 20.5 Å². The van der Waals surface area contributed by atoms with Crippen molar-refractivity contribution in [2.75, 3.05) is 24.2 Å².